The van der Waals surface area contributed by atoms with Gasteiger partial charge < -0.3 is 19.9 Å². The van der Waals surface area contributed by atoms with Crippen molar-refractivity contribution in [3.05, 3.63) is 103 Å². The number of ether oxygens (including phenoxy) is 1. The van der Waals surface area contributed by atoms with E-state index >= 15 is 0 Å². The first-order valence-corrected chi connectivity index (χ1v) is 13.7. The predicted molar refractivity (Wildman–Crippen MR) is 152 cm³/mol. The highest BCUT2D eigenvalue weighted by atomic mass is 79.9. The summed E-state index contributed by atoms with van der Waals surface area (Å²) < 4.78 is 7.21. The average Bonchev–Trinajstić information content (AvgIpc) is 3.64. The van der Waals surface area contributed by atoms with Crippen LogP contribution >= 0.6 is 27.5 Å². The number of halogens is 2. The molecule has 2 aromatic carbocycles. The zero-order valence-corrected chi connectivity index (χ0v) is 23.9. The highest BCUT2D eigenvalue weighted by Crippen LogP contribution is 2.54. The summed E-state index contributed by atoms with van der Waals surface area (Å²) in [6.07, 6.45) is 1.94. The zero-order chi connectivity index (χ0) is 27.4. The molecule has 7 nitrogen and oxygen atoms in total. The van der Waals surface area contributed by atoms with Gasteiger partial charge in [0.15, 0.2) is 0 Å². The van der Waals surface area contributed by atoms with Crippen molar-refractivity contribution in [1.82, 2.24) is 15.2 Å². The van der Waals surface area contributed by atoms with Crippen molar-refractivity contribution in [3.63, 3.8) is 0 Å². The highest BCUT2D eigenvalue weighted by Gasteiger charge is 2.45. The molecule has 0 saturated heterocycles. The molecule has 1 saturated carbocycles. The maximum atomic E-state index is 13.5. The van der Waals surface area contributed by atoms with Crippen molar-refractivity contribution < 1.29 is 14.3 Å². The normalized spacial score (nSPS) is 17.4. The standard InChI is InChI=1S/C29H31BrClN3O4/c1-29(2,3)38-28(37)32-12-13-34-17-20(30)15-24(27(34)36)26(35)33-25(19-10-7-11-21(31)14-19)23-16-22(23)18-8-5-4-6-9-18/h4-11,14-15,17,22-23,25H,12-13,16H2,1-3H3,(H,32,37)(H,33,35). The molecule has 3 unspecified atom stereocenters. The van der Waals surface area contributed by atoms with Gasteiger partial charge in [-0.2, -0.15) is 0 Å². The second-order valence-corrected chi connectivity index (χ2v) is 11.8. The number of aromatic nitrogens is 1. The number of alkyl carbamates (subject to hydrolysis) is 1. The van der Waals surface area contributed by atoms with Crippen LogP contribution in [0.1, 0.15) is 60.6 Å². The monoisotopic (exact) mass is 599 g/mol. The highest BCUT2D eigenvalue weighted by molar-refractivity contribution is 9.10. The van der Waals surface area contributed by atoms with Crippen LogP contribution in [0.3, 0.4) is 0 Å². The molecule has 2 N–H and O–H groups in total. The van der Waals surface area contributed by atoms with Gasteiger partial charge in [0.2, 0.25) is 0 Å². The minimum absolute atomic E-state index is 0.0144. The van der Waals surface area contributed by atoms with Crippen LogP contribution in [0.2, 0.25) is 5.02 Å². The summed E-state index contributed by atoms with van der Waals surface area (Å²) in [7, 11) is 0. The molecule has 1 aliphatic carbocycles. The molecule has 1 aliphatic rings. The maximum absolute atomic E-state index is 13.5. The Morgan fingerprint density at radius 2 is 1.87 bits per heavy atom. The molecule has 0 bridgehead atoms. The van der Waals surface area contributed by atoms with Gasteiger partial charge in [-0.15, -0.1) is 0 Å². The SMILES string of the molecule is CC(C)(C)OC(=O)NCCn1cc(Br)cc(C(=O)NC(c2cccc(Cl)c2)C2CC2c2ccccc2)c1=O. The van der Waals surface area contributed by atoms with E-state index in [-0.39, 0.29) is 30.6 Å². The summed E-state index contributed by atoms with van der Waals surface area (Å²) in [5.74, 6) is 0.0136. The van der Waals surface area contributed by atoms with Gasteiger partial charge in [-0.1, -0.05) is 54.1 Å². The molecule has 3 atom stereocenters. The van der Waals surface area contributed by atoms with Crippen LogP contribution in [0.25, 0.3) is 0 Å². The Kier molecular flexibility index (Phi) is 8.63. The van der Waals surface area contributed by atoms with E-state index in [1.165, 1.54) is 16.2 Å². The third kappa shape index (κ3) is 7.26. The molecular formula is C29H31BrClN3O4. The lowest BCUT2D eigenvalue weighted by atomic mass is 9.98. The molecule has 2 amide bonds. The first kappa shape index (κ1) is 27.9. The minimum Gasteiger partial charge on any atom is -0.444 e. The summed E-state index contributed by atoms with van der Waals surface area (Å²) >= 11 is 9.69. The molecule has 4 rings (SSSR count). The summed E-state index contributed by atoms with van der Waals surface area (Å²) in [6.45, 7) is 5.66. The van der Waals surface area contributed by atoms with E-state index in [0.29, 0.717) is 15.4 Å². The Morgan fingerprint density at radius 3 is 2.55 bits per heavy atom. The molecular weight excluding hydrogens is 570 g/mol. The number of pyridine rings is 1. The van der Waals surface area contributed by atoms with Crippen molar-refractivity contribution in [3.8, 4) is 0 Å². The van der Waals surface area contributed by atoms with Gasteiger partial charge in [0, 0.05) is 28.8 Å². The number of amides is 2. The second kappa shape index (κ2) is 11.7. The number of nitrogens with zero attached hydrogens (tertiary/aromatic N) is 1. The topological polar surface area (TPSA) is 89.4 Å². The zero-order valence-electron chi connectivity index (χ0n) is 21.5. The molecule has 0 aliphatic heterocycles. The maximum Gasteiger partial charge on any atom is 0.407 e. The smallest absolute Gasteiger partial charge is 0.407 e. The average molecular weight is 601 g/mol. The number of carbonyl (C=O) groups is 2. The molecule has 0 radical (unpaired) electrons. The molecule has 1 heterocycles. The Labute approximate surface area is 235 Å². The fourth-order valence-corrected chi connectivity index (χ4v) is 5.22. The number of benzene rings is 2. The van der Waals surface area contributed by atoms with Crippen molar-refractivity contribution in [1.29, 1.82) is 0 Å². The van der Waals surface area contributed by atoms with Gasteiger partial charge in [-0.25, -0.2) is 4.79 Å². The van der Waals surface area contributed by atoms with Crippen LogP contribution in [0.4, 0.5) is 4.79 Å². The second-order valence-electron chi connectivity index (χ2n) is 10.4. The lowest BCUT2D eigenvalue weighted by Gasteiger charge is -2.21. The molecule has 0 spiro atoms. The van der Waals surface area contributed by atoms with Crippen molar-refractivity contribution >= 4 is 39.5 Å². The number of nitrogens with one attached hydrogen (secondary N) is 2. The van der Waals surface area contributed by atoms with E-state index < -0.39 is 23.2 Å². The van der Waals surface area contributed by atoms with E-state index in [1.807, 2.05) is 36.4 Å². The number of hydrogen-bond donors (Lipinski definition) is 2. The Bertz CT molecular complexity index is 1370. The van der Waals surface area contributed by atoms with E-state index in [2.05, 4.69) is 38.7 Å². The van der Waals surface area contributed by atoms with Crippen LogP contribution in [0.15, 0.2) is 76.1 Å². The third-order valence-electron chi connectivity index (χ3n) is 6.31. The molecule has 9 heteroatoms. The van der Waals surface area contributed by atoms with Crippen LogP contribution in [0, 0.1) is 5.92 Å². The molecule has 1 aromatic heterocycles. The van der Waals surface area contributed by atoms with Crippen molar-refractivity contribution in [2.24, 2.45) is 5.92 Å². The molecule has 1 fully saturated rings. The van der Waals surface area contributed by atoms with Gasteiger partial charge in [0.25, 0.3) is 11.5 Å². The molecule has 3 aromatic rings. The van der Waals surface area contributed by atoms with Crippen LogP contribution < -0.4 is 16.2 Å². The number of carbonyl (C=O) groups excluding carboxylic acids is 2. The first-order valence-electron chi connectivity index (χ1n) is 12.5. The number of rotatable bonds is 8. The lowest BCUT2D eigenvalue weighted by molar-refractivity contribution is 0.0525. The summed E-state index contributed by atoms with van der Waals surface area (Å²) in [5.41, 5.74) is 1.06. The minimum atomic E-state index is -0.622. The van der Waals surface area contributed by atoms with Gasteiger partial charge >= 0.3 is 6.09 Å². The van der Waals surface area contributed by atoms with Crippen LogP contribution in [-0.2, 0) is 11.3 Å². The number of hydrogen-bond acceptors (Lipinski definition) is 4. The fraction of sp³-hybridized carbons (Fsp3) is 0.345. The van der Waals surface area contributed by atoms with Gasteiger partial charge in [0.1, 0.15) is 11.2 Å². The van der Waals surface area contributed by atoms with Crippen LogP contribution in [0.5, 0.6) is 0 Å². The predicted octanol–water partition coefficient (Wildman–Crippen LogP) is 6.06. The lowest BCUT2D eigenvalue weighted by Crippen LogP contribution is -2.38. The van der Waals surface area contributed by atoms with Crippen LogP contribution in [-0.4, -0.2) is 28.7 Å². The summed E-state index contributed by atoms with van der Waals surface area (Å²) in [5, 5.41) is 6.33. The van der Waals surface area contributed by atoms with E-state index in [9.17, 15) is 14.4 Å². The van der Waals surface area contributed by atoms with Gasteiger partial charge in [0.05, 0.1) is 6.04 Å². The molecule has 38 heavy (non-hydrogen) atoms. The Hall–Kier alpha value is -3.10. The van der Waals surface area contributed by atoms with E-state index in [4.69, 9.17) is 16.3 Å². The first-order chi connectivity index (χ1) is 18.0. The summed E-state index contributed by atoms with van der Waals surface area (Å²) in [6, 6.07) is 18.9. The fourth-order valence-electron chi connectivity index (χ4n) is 4.54. The Morgan fingerprint density at radius 1 is 1.13 bits per heavy atom. The van der Waals surface area contributed by atoms with Gasteiger partial charge in [-0.3, -0.25) is 9.59 Å². The summed E-state index contributed by atoms with van der Waals surface area (Å²) in [4.78, 5) is 38.7. The molecule has 200 valence electrons. The largest absolute Gasteiger partial charge is 0.444 e. The van der Waals surface area contributed by atoms with Crippen molar-refractivity contribution in [2.45, 2.75) is 51.3 Å². The van der Waals surface area contributed by atoms with Crippen molar-refractivity contribution in [2.75, 3.05) is 6.54 Å². The third-order valence-corrected chi connectivity index (χ3v) is 6.98. The van der Waals surface area contributed by atoms with E-state index in [0.717, 1.165) is 12.0 Å². The van der Waals surface area contributed by atoms with E-state index in [1.54, 1.807) is 33.0 Å². The van der Waals surface area contributed by atoms with Gasteiger partial charge in [-0.05, 0) is 84.3 Å². The quantitative estimate of drug-likeness (QED) is 0.329. The Balaban J connectivity index is 1.52.